The quantitative estimate of drug-likeness (QED) is 0.239. The van der Waals surface area contributed by atoms with Crippen LogP contribution in [0.25, 0.3) is 0 Å². The number of cyclic esters (lactones) is 1. The van der Waals surface area contributed by atoms with E-state index in [4.69, 9.17) is 53.6 Å². The van der Waals surface area contributed by atoms with E-state index in [1.54, 1.807) is 6.92 Å². The maximum Gasteiger partial charge on any atom is 0.525 e. The number of esters is 1. The van der Waals surface area contributed by atoms with Crippen LogP contribution >= 0.6 is 7.82 Å². The van der Waals surface area contributed by atoms with Gasteiger partial charge >= 0.3 is 13.8 Å². The third kappa shape index (κ3) is 5.37. The smallest absolute Gasteiger partial charge is 0.493 e. The molecule has 4 heterocycles. The molecule has 1 aliphatic carbocycles. The van der Waals surface area contributed by atoms with Gasteiger partial charge in [0.25, 0.3) is 0 Å². The lowest BCUT2D eigenvalue weighted by Crippen LogP contribution is -2.63. The molecule has 0 amide bonds. The third-order valence-electron chi connectivity index (χ3n) is 8.59. The fraction of sp³-hybridized carbons (Fsp3) is 0.552. The summed E-state index contributed by atoms with van der Waals surface area (Å²) in [5.41, 5.74) is 0.203. The van der Waals surface area contributed by atoms with Crippen molar-refractivity contribution in [3.05, 3.63) is 41.0 Å². The molecule has 3 saturated heterocycles. The van der Waals surface area contributed by atoms with Crippen molar-refractivity contribution in [2.45, 2.75) is 55.9 Å². The number of aliphatic hydroxyl groups excluding tert-OH is 2. The summed E-state index contributed by atoms with van der Waals surface area (Å²) in [5, 5.41) is 22.1. The summed E-state index contributed by atoms with van der Waals surface area (Å²) in [5.74, 6) is -7.46. The van der Waals surface area contributed by atoms with Gasteiger partial charge in [0.15, 0.2) is 35.6 Å². The predicted molar refractivity (Wildman–Crippen MR) is 149 cm³/mol. The number of hydrogen-bond donors (Lipinski definition) is 4. The monoisotopic (exact) mass is 676 g/mol. The highest BCUT2D eigenvalue weighted by atomic mass is 31.2. The first kappa shape index (κ1) is 23.2. The number of hydrogen-bond acceptors (Lipinski definition) is 14. The van der Waals surface area contributed by atoms with Gasteiger partial charge in [-0.2, -0.15) is 0 Å². The molecule has 0 spiro atoms. The molecular formula is C29H33O16P. The number of carbonyl (C=O) groups is 1. The van der Waals surface area contributed by atoms with E-state index in [-0.39, 0.29) is 41.4 Å². The van der Waals surface area contributed by atoms with Gasteiger partial charge in [-0.15, -0.1) is 0 Å². The number of benzene rings is 2. The van der Waals surface area contributed by atoms with Crippen molar-refractivity contribution >= 4 is 13.8 Å². The second-order valence-corrected chi connectivity index (χ2v) is 12.4. The van der Waals surface area contributed by atoms with Gasteiger partial charge in [-0.25, -0.2) is 4.57 Å². The normalized spacial score (nSPS) is 38.8. The van der Waals surface area contributed by atoms with Gasteiger partial charge < -0.3 is 57.4 Å². The van der Waals surface area contributed by atoms with Crippen molar-refractivity contribution in [1.29, 1.82) is 0 Å². The predicted octanol–water partition coefficient (Wildman–Crippen LogP) is 1.10. The van der Waals surface area contributed by atoms with Gasteiger partial charge in [0.2, 0.25) is 12.5 Å². The van der Waals surface area contributed by atoms with Crippen LogP contribution in [0, 0.1) is 11.8 Å². The Morgan fingerprint density at radius 1 is 0.957 bits per heavy atom. The fourth-order valence-electron chi connectivity index (χ4n) is 6.67. The average molecular weight is 677 g/mol. The SMILES string of the molecule is [2H]C([2H])([2H])Oc1cc([C@@H]2c3cc4c(cc3[C@@H](O[C@@H]3O[C@@H]5CO[C@@H](C)O[C@H]5[C@H](O)[C@H]3O)[C@H]3COC(=O)[C@H]23)OC([2H])([2H])O4)cc(OC([2H])([2H])[2H])c1OP(=O)(O)O. The molecule has 2 aromatic carbocycles. The Balaban J connectivity index is 1.39. The van der Waals surface area contributed by atoms with Gasteiger partial charge in [0, 0.05) is 11.8 Å². The van der Waals surface area contributed by atoms with Crippen molar-refractivity contribution in [1.82, 2.24) is 0 Å². The summed E-state index contributed by atoms with van der Waals surface area (Å²) in [4.78, 5) is 32.9. The number of phosphoric acid groups is 1. The van der Waals surface area contributed by atoms with E-state index in [1.807, 2.05) is 0 Å². The summed E-state index contributed by atoms with van der Waals surface area (Å²) in [6.45, 7) is -1.37. The molecule has 0 unspecified atom stereocenters. The minimum atomic E-state index is -5.52. The summed E-state index contributed by atoms with van der Waals surface area (Å²) in [6.07, 6.45) is -8.51. The molecule has 4 aliphatic heterocycles. The van der Waals surface area contributed by atoms with Crippen LogP contribution in [-0.2, 0) is 33.0 Å². The standard InChI is InChI=1S/C29H33O16P/c1-11-38-9-20-27(42-11)23(30)24(31)29(43-20)44-25-14-7-17-16(40-10-41-17)6-13(14)21(22-15(25)8-39-28(22)32)12-4-18(36-2)26(19(5-12)37-3)45-46(33,34)35/h4-7,11,15,20-25,27,29-31H,8-10H2,1-3H3,(H2,33,34,35)/t11-,15+,20-,21-,22+,23-,24-,25-,27-,29+/m1/s1/i2D3,3D3,10D2. The Morgan fingerprint density at radius 3 is 2.33 bits per heavy atom. The van der Waals surface area contributed by atoms with E-state index in [0.717, 1.165) is 12.1 Å². The Hall–Kier alpha value is -3.18. The van der Waals surface area contributed by atoms with Gasteiger partial charge in [0.1, 0.15) is 27.2 Å². The van der Waals surface area contributed by atoms with E-state index in [1.165, 1.54) is 12.1 Å². The first-order chi connectivity index (χ1) is 25.0. The van der Waals surface area contributed by atoms with Crippen LogP contribution in [0.15, 0.2) is 24.3 Å². The number of carbonyl (C=O) groups excluding carboxylic acids is 1. The van der Waals surface area contributed by atoms with Crippen LogP contribution in [-0.4, -0.2) is 97.0 Å². The van der Waals surface area contributed by atoms with E-state index in [0.29, 0.717) is 0 Å². The zero-order valence-corrected chi connectivity index (χ0v) is 24.5. The lowest BCUT2D eigenvalue weighted by Gasteiger charge is -2.47. The maximum atomic E-state index is 13.7. The van der Waals surface area contributed by atoms with Crippen LogP contribution in [0.4, 0.5) is 0 Å². The third-order valence-corrected chi connectivity index (χ3v) is 9.01. The lowest BCUT2D eigenvalue weighted by atomic mass is 9.66. The van der Waals surface area contributed by atoms with E-state index < -0.39 is 113 Å². The van der Waals surface area contributed by atoms with Crippen molar-refractivity contribution in [3.63, 3.8) is 0 Å². The largest absolute Gasteiger partial charge is 0.525 e. The number of fused-ring (bicyclic) bond motifs is 4. The molecule has 0 aromatic heterocycles. The van der Waals surface area contributed by atoms with Crippen LogP contribution in [0.3, 0.4) is 0 Å². The molecule has 5 aliphatic rings. The Labute approximate surface area is 273 Å². The molecule has 0 saturated carbocycles. The van der Waals surface area contributed by atoms with E-state index >= 15 is 0 Å². The van der Waals surface area contributed by atoms with Crippen LogP contribution < -0.4 is 23.5 Å². The molecule has 10 atom stereocenters. The van der Waals surface area contributed by atoms with Crippen LogP contribution in [0.1, 0.15) is 46.6 Å². The van der Waals surface area contributed by atoms with Crippen molar-refractivity contribution < 1.29 is 87.5 Å². The zero-order chi connectivity index (χ0) is 39.3. The minimum absolute atomic E-state index is 0.0246. The molecule has 0 radical (unpaired) electrons. The molecule has 16 nitrogen and oxygen atoms in total. The highest BCUT2D eigenvalue weighted by Gasteiger charge is 2.56. The highest BCUT2D eigenvalue weighted by molar-refractivity contribution is 7.46. The summed E-state index contributed by atoms with van der Waals surface area (Å²) < 4.78 is 128. The van der Waals surface area contributed by atoms with Crippen molar-refractivity contribution in [2.75, 3.05) is 34.0 Å². The highest BCUT2D eigenvalue weighted by Crippen LogP contribution is 2.57. The fourth-order valence-corrected chi connectivity index (χ4v) is 7.08. The van der Waals surface area contributed by atoms with Gasteiger partial charge in [-0.05, 0) is 47.9 Å². The van der Waals surface area contributed by atoms with E-state index in [2.05, 4.69) is 4.52 Å². The molecule has 250 valence electrons. The molecule has 3 fully saturated rings. The van der Waals surface area contributed by atoms with Gasteiger partial charge in [-0.1, -0.05) is 0 Å². The number of ether oxygens (including phenoxy) is 9. The molecule has 4 N–H and O–H groups in total. The Morgan fingerprint density at radius 2 is 1.65 bits per heavy atom. The topological polar surface area (TPSA) is 207 Å². The van der Waals surface area contributed by atoms with Crippen LogP contribution in [0.5, 0.6) is 28.7 Å². The number of methoxy groups -OCH3 is 2. The van der Waals surface area contributed by atoms with Gasteiger partial charge in [0.05, 0.1) is 47.5 Å². The Bertz CT molecular complexity index is 1820. The van der Waals surface area contributed by atoms with E-state index in [9.17, 15) is 29.4 Å². The molecule has 7 rings (SSSR count). The van der Waals surface area contributed by atoms with Gasteiger partial charge in [-0.3, -0.25) is 14.6 Å². The molecular weight excluding hydrogens is 635 g/mol. The minimum Gasteiger partial charge on any atom is -0.493 e. The number of aliphatic hydroxyl groups is 2. The first-order valence-corrected chi connectivity index (χ1v) is 15.5. The lowest BCUT2D eigenvalue weighted by molar-refractivity contribution is -0.364. The number of phosphoric ester groups is 1. The summed E-state index contributed by atoms with van der Waals surface area (Å²) >= 11 is 0. The van der Waals surface area contributed by atoms with Crippen molar-refractivity contribution in [2.24, 2.45) is 11.8 Å². The zero-order valence-electron chi connectivity index (χ0n) is 31.6. The van der Waals surface area contributed by atoms with Crippen molar-refractivity contribution in [3.8, 4) is 28.7 Å². The summed E-state index contributed by atoms with van der Waals surface area (Å²) in [6, 6.07) is 4.57. The first-order valence-electron chi connectivity index (χ1n) is 17.9. The van der Waals surface area contributed by atoms with Crippen LogP contribution in [0.2, 0.25) is 0 Å². The Kier molecular flexibility index (Phi) is 5.95. The summed E-state index contributed by atoms with van der Waals surface area (Å²) in [7, 11) is -12.1. The molecule has 0 bridgehead atoms. The average Bonchev–Trinajstić information content (AvgIpc) is 3.55. The second-order valence-electron chi connectivity index (χ2n) is 11.2. The second kappa shape index (κ2) is 11.8. The maximum absolute atomic E-state index is 13.7. The molecule has 17 heteroatoms. The molecule has 2 aromatic rings. The molecule has 46 heavy (non-hydrogen) atoms. The number of rotatable bonds is 7.